The number of likely N-dealkylation sites (N-methyl/N-ethyl adjacent to an activating group) is 1. The number of carbonyl (C=O) groups excluding carboxylic acids is 1. The van der Waals surface area contributed by atoms with Crippen molar-refractivity contribution in [2.45, 2.75) is 25.3 Å². The van der Waals surface area contributed by atoms with Gasteiger partial charge in [0.05, 0.1) is 6.04 Å². The molecule has 114 valence electrons. The molecule has 0 aromatic carbocycles. The van der Waals surface area contributed by atoms with Crippen LogP contribution in [0.15, 0.2) is 35.0 Å². The Labute approximate surface area is 134 Å². The van der Waals surface area contributed by atoms with Crippen molar-refractivity contribution in [2.24, 2.45) is 0 Å². The minimum atomic E-state index is 0.148. The lowest BCUT2D eigenvalue weighted by atomic mass is 10.2. The normalized spacial score (nSPS) is 12.5. The lowest BCUT2D eigenvalue weighted by Crippen LogP contribution is -2.34. The first-order valence-corrected chi connectivity index (χ1v) is 8.91. The zero-order chi connectivity index (χ0) is 15.1. The van der Waals surface area contributed by atoms with E-state index in [1.807, 2.05) is 14.1 Å². The van der Waals surface area contributed by atoms with E-state index in [4.69, 9.17) is 0 Å². The van der Waals surface area contributed by atoms with Gasteiger partial charge in [0.2, 0.25) is 5.91 Å². The minimum Gasteiger partial charge on any atom is -0.354 e. The van der Waals surface area contributed by atoms with Gasteiger partial charge >= 0.3 is 0 Å². The first-order chi connectivity index (χ1) is 10.2. The second-order valence-corrected chi connectivity index (χ2v) is 7.24. The molecule has 0 spiro atoms. The molecule has 1 unspecified atom stereocenters. The molecule has 0 aliphatic rings. The topological polar surface area (TPSA) is 32.3 Å². The molecule has 2 aromatic heterocycles. The van der Waals surface area contributed by atoms with Crippen LogP contribution in [0.5, 0.6) is 0 Å². The van der Waals surface area contributed by atoms with Crippen LogP contribution in [0, 0.1) is 0 Å². The molecule has 3 nitrogen and oxygen atoms in total. The lowest BCUT2D eigenvalue weighted by molar-refractivity contribution is -0.121. The fourth-order valence-electron chi connectivity index (χ4n) is 2.20. The predicted octanol–water partition coefficient (Wildman–Crippen LogP) is 3.55. The van der Waals surface area contributed by atoms with Crippen LogP contribution in [0.25, 0.3) is 0 Å². The van der Waals surface area contributed by atoms with E-state index in [0.29, 0.717) is 13.0 Å². The third-order valence-corrected chi connectivity index (χ3v) is 5.30. The molecule has 0 saturated heterocycles. The highest BCUT2D eigenvalue weighted by molar-refractivity contribution is 7.10. The number of aryl methyl sites for hydroxylation is 1. The number of hydrogen-bond donors (Lipinski definition) is 1. The summed E-state index contributed by atoms with van der Waals surface area (Å²) in [6.07, 6.45) is 2.51. The second kappa shape index (κ2) is 8.32. The van der Waals surface area contributed by atoms with Crippen LogP contribution in [-0.4, -0.2) is 31.4 Å². The summed E-state index contributed by atoms with van der Waals surface area (Å²) in [7, 11) is 4.10. The fraction of sp³-hybridized carbons (Fsp3) is 0.438. The third-order valence-electron chi connectivity index (χ3n) is 3.39. The Hall–Kier alpha value is -1.17. The van der Waals surface area contributed by atoms with Gasteiger partial charge in [-0.1, -0.05) is 12.1 Å². The Bertz CT molecular complexity index is 520. The fourth-order valence-corrected chi connectivity index (χ4v) is 3.87. The quantitative estimate of drug-likeness (QED) is 0.806. The molecule has 5 heteroatoms. The Balaban J connectivity index is 1.72. The van der Waals surface area contributed by atoms with Crippen molar-refractivity contribution in [1.29, 1.82) is 0 Å². The van der Waals surface area contributed by atoms with E-state index < -0.39 is 0 Å². The van der Waals surface area contributed by atoms with Crippen LogP contribution in [0.2, 0.25) is 0 Å². The SMILES string of the molecule is CN(C)C(CNC(=O)CCCc1cccs1)c1cccs1. The van der Waals surface area contributed by atoms with Crippen LogP contribution >= 0.6 is 22.7 Å². The van der Waals surface area contributed by atoms with Gasteiger partial charge in [0, 0.05) is 22.7 Å². The van der Waals surface area contributed by atoms with Crippen LogP contribution in [0.4, 0.5) is 0 Å². The maximum atomic E-state index is 11.9. The highest BCUT2D eigenvalue weighted by atomic mass is 32.1. The van der Waals surface area contributed by atoms with E-state index in [0.717, 1.165) is 12.8 Å². The molecular weight excluding hydrogens is 300 g/mol. The molecule has 0 aliphatic carbocycles. The van der Waals surface area contributed by atoms with Crippen molar-refractivity contribution in [1.82, 2.24) is 10.2 Å². The molecular formula is C16H22N2OS2. The molecule has 0 radical (unpaired) electrons. The number of amides is 1. The summed E-state index contributed by atoms with van der Waals surface area (Å²) in [5, 5.41) is 7.22. The molecule has 2 aromatic rings. The largest absolute Gasteiger partial charge is 0.354 e. The summed E-state index contributed by atoms with van der Waals surface area (Å²) in [5.74, 6) is 0.148. The van der Waals surface area contributed by atoms with Gasteiger partial charge in [-0.25, -0.2) is 0 Å². The van der Waals surface area contributed by atoms with Crippen molar-refractivity contribution in [3.63, 3.8) is 0 Å². The molecule has 1 atom stereocenters. The van der Waals surface area contributed by atoms with Gasteiger partial charge in [0.25, 0.3) is 0 Å². The zero-order valence-electron chi connectivity index (χ0n) is 12.5. The summed E-state index contributed by atoms with van der Waals surface area (Å²) in [4.78, 5) is 16.7. The van der Waals surface area contributed by atoms with E-state index in [-0.39, 0.29) is 11.9 Å². The summed E-state index contributed by atoms with van der Waals surface area (Å²) < 4.78 is 0. The molecule has 0 saturated carbocycles. The maximum absolute atomic E-state index is 11.9. The van der Waals surface area contributed by atoms with Crippen molar-refractivity contribution < 1.29 is 4.79 Å². The van der Waals surface area contributed by atoms with Gasteiger partial charge in [0.15, 0.2) is 0 Å². The lowest BCUT2D eigenvalue weighted by Gasteiger charge is -2.23. The van der Waals surface area contributed by atoms with Crippen molar-refractivity contribution >= 4 is 28.6 Å². The van der Waals surface area contributed by atoms with Crippen LogP contribution < -0.4 is 5.32 Å². The van der Waals surface area contributed by atoms with Gasteiger partial charge in [-0.2, -0.15) is 0 Å². The van der Waals surface area contributed by atoms with Crippen molar-refractivity contribution in [3.05, 3.63) is 44.8 Å². The second-order valence-electron chi connectivity index (χ2n) is 5.23. The summed E-state index contributed by atoms with van der Waals surface area (Å²) in [6.45, 7) is 0.672. The average Bonchev–Trinajstić information content (AvgIpc) is 3.11. The Kier molecular flexibility index (Phi) is 6.42. The molecule has 2 heterocycles. The zero-order valence-corrected chi connectivity index (χ0v) is 14.2. The van der Waals surface area contributed by atoms with E-state index in [1.54, 1.807) is 22.7 Å². The molecule has 1 N–H and O–H groups in total. The smallest absolute Gasteiger partial charge is 0.220 e. The Morgan fingerprint density at radius 3 is 2.62 bits per heavy atom. The standard InChI is InChI=1S/C16H22N2OS2/c1-18(2)14(15-8-5-11-21-15)12-17-16(19)9-3-6-13-7-4-10-20-13/h4-5,7-8,10-11,14H,3,6,9,12H2,1-2H3,(H,17,19). The monoisotopic (exact) mass is 322 g/mol. The highest BCUT2D eigenvalue weighted by Gasteiger charge is 2.15. The minimum absolute atomic E-state index is 0.148. The molecule has 0 bridgehead atoms. The Morgan fingerprint density at radius 2 is 2.00 bits per heavy atom. The van der Waals surface area contributed by atoms with Crippen LogP contribution in [0.3, 0.4) is 0 Å². The predicted molar refractivity (Wildman–Crippen MR) is 91.0 cm³/mol. The van der Waals surface area contributed by atoms with Gasteiger partial charge in [-0.15, -0.1) is 22.7 Å². The van der Waals surface area contributed by atoms with Gasteiger partial charge in [0.1, 0.15) is 0 Å². The first kappa shape index (κ1) is 16.2. The van der Waals surface area contributed by atoms with E-state index in [1.165, 1.54) is 9.75 Å². The van der Waals surface area contributed by atoms with Crippen LogP contribution in [-0.2, 0) is 11.2 Å². The average molecular weight is 322 g/mol. The molecule has 0 aliphatic heterocycles. The Morgan fingerprint density at radius 1 is 1.24 bits per heavy atom. The number of rotatable bonds is 8. The molecule has 1 amide bonds. The van der Waals surface area contributed by atoms with E-state index >= 15 is 0 Å². The van der Waals surface area contributed by atoms with E-state index in [2.05, 4.69) is 45.2 Å². The highest BCUT2D eigenvalue weighted by Crippen LogP contribution is 2.22. The van der Waals surface area contributed by atoms with Gasteiger partial charge < -0.3 is 10.2 Å². The van der Waals surface area contributed by atoms with Gasteiger partial charge in [-0.05, 0) is 49.8 Å². The third kappa shape index (κ3) is 5.26. The molecule has 21 heavy (non-hydrogen) atoms. The number of thiophene rings is 2. The van der Waals surface area contributed by atoms with Crippen LogP contribution in [0.1, 0.15) is 28.6 Å². The summed E-state index contributed by atoms with van der Waals surface area (Å²) in [5.41, 5.74) is 0. The molecule has 0 fully saturated rings. The summed E-state index contributed by atoms with van der Waals surface area (Å²) in [6, 6.07) is 8.62. The van der Waals surface area contributed by atoms with Gasteiger partial charge in [-0.3, -0.25) is 4.79 Å². The number of hydrogen-bond acceptors (Lipinski definition) is 4. The first-order valence-electron chi connectivity index (χ1n) is 7.15. The number of carbonyl (C=O) groups is 1. The molecule has 2 rings (SSSR count). The maximum Gasteiger partial charge on any atom is 0.220 e. The van der Waals surface area contributed by atoms with Crippen molar-refractivity contribution in [2.75, 3.05) is 20.6 Å². The van der Waals surface area contributed by atoms with Crippen molar-refractivity contribution in [3.8, 4) is 0 Å². The number of nitrogens with one attached hydrogen (secondary N) is 1. The number of nitrogens with zero attached hydrogens (tertiary/aromatic N) is 1. The van der Waals surface area contributed by atoms with E-state index in [9.17, 15) is 4.79 Å². The summed E-state index contributed by atoms with van der Waals surface area (Å²) >= 11 is 3.49.